The molecule has 0 saturated carbocycles. The topological polar surface area (TPSA) is 172 Å². The Hall–Kier alpha value is -6.67. The van der Waals surface area contributed by atoms with Gasteiger partial charge in [-0.2, -0.15) is 0 Å². The molecular weight excluding hydrogens is 801 g/mol. The molecular formula is C50H52N4O9. The molecule has 0 spiro atoms. The van der Waals surface area contributed by atoms with E-state index in [1.165, 1.54) is 17.7 Å². The average Bonchev–Trinajstić information content (AvgIpc) is 3.30. The zero-order chi connectivity index (χ0) is 43.7. The molecule has 2 bridgehead atoms. The standard InChI is InChI=1S/C50H52N4O9/c1-32-24-35(27-51-29-44(56)40-15-17-43(55)48-41(40)16-19-47(57)53-48)12-18-45(32)60-22-23-61-49(58)37-13-10-33(11-14-37)31-62-39-9-5-6-34(25-39)28-52-50(59)63-46-30-54-21-20-38(46)26-42(54)36-7-3-2-4-8-36/h2-19,24-25,38,42,44,46,51,55-56H,20-23,26-31H2,1H3,(H,52,59)(H,53,57)/t38?,42?,44-,46+/m0/s1. The summed E-state index contributed by atoms with van der Waals surface area (Å²) in [6.45, 7) is 5.32. The van der Waals surface area contributed by atoms with Crippen molar-refractivity contribution in [3.8, 4) is 17.2 Å². The van der Waals surface area contributed by atoms with Crippen LogP contribution >= 0.6 is 0 Å². The fourth-order valence-electron chi connectivity index (χ4n) is 8.50. The lowest BCUT2D eigenvalue weighted by Gasteiger charge is -2.49. The van der Waals surface area contributed by atoms with E-state index >= 15 is 0 Å². The molecule has 3 fully saturated rings. The first-order valence-corrected chi connectivity index (χ1v) is 21.3. The molecule has 5 atom stereocenters. The van der Waals surface area contributed by atoms with Gasteiger partial charge in [-0.1, -0.05) is 72.8 Å². The summed E-state index contributed by atoms with van der Waals surface area (Å²) in [5.41, 5.74) is 5.96. The molecule has 3 saturated heterocycles. The van der Waals surface area contributed by atoms with Crippen molar-refractivity contribution < 1.29 is 38.7 Å². The van der Waals surface area contributed by atoms with Crippen molar-refractivity contribution in [2.24, 2.45) is 5.92 Å². The number of carbonyl (C=O) groups is 2. The highest BCUT2D eigenvalue weighted by atomic mass is 16.6. The van der Waals surface area contributed by atoms with Gasteiger partial charge in [-0.25, -0.2) is 9.59 Å². The summed E-state index contributed by atoms with van der Waals surface area (Å²) in [6, 6.07) is 37.4. The van der Waals surface area contributed by atoms with Crippen LogP contribution in [-0.2, 0) is 29.2 Å². The molecule has 1 amide bonds. The Morgan fingerprint density at radius 1 is 0.857 bits per heavy atom. The first-order valence-electron chi connectivity index (χ1n) is 21.3. The summed E-state index contributed by atoms with van der Waals surface area (Å²) in [5.74, 6) is 1.18. The molecule has 13 heteroatoms. The number of nitrogens with zero attached hydrogens (tertiary/aromatic N) is 1. The Kier molecular flexibility index (Phi) is 13.7. The van der Waals surface area contributed by atoms with Crippen LogP contribution < -0.4 is 25.7 Å². The van der Waals surface area contributed by atoms with Crippen molar-refractivity contribution in [1.29, 1.82) is 0 Å². The molecule has 63 heavy (non-hydrogen) atoms. The maximum atomic E-state index is 12.8. The number of ether oxygens (including phenoxy) is 4. The van der Waals surface area contributed by atoms with Gasteiger partial charge < -0.3 is 44.8 Å². The average molecular weight is 853 g/mol. The number of aromatic hydroxyl groups is 1. The van der Waals surface area contributed by atoms with Gasteiger partial charge in [-0.05, 0) is 102 Å². The Balaban J connectivity index is 0.718. The number of piperidine rings is 3. The number of nitrogens with one attached hydrogen (secondary N) is 3. The molecule has 6 aromatic rings. The quantitative estimate of drug-likeness (QED) is 0.0463. The summed E-state index contributed by atoms with van der Waals surface area (Å²) in [6.07, 6.45) is 0.645. The van der Waals surface area contributed by atoms with Gasteiger partial charge in [0.05, 0.1) is 17.2 Å². The van der Waals surface area contributed by atoms with Gasteiger partial charge in [-0.15, -0.1) is 0 Å². The predicted molar refractivity (Wildman–Crippen MR) is 238 cm³/mol. The van der Waals surface area contributed by atoms with E-state index in [1.807, 2.05) is 67.6 Å². The number of hydrogen-bond donors (Lipinski definition) is 5. The van der Waals surface area contributed by atoms with Crippen molar-refractivity contribution >= 4 is 23.0 Å². The van der Waals surface area contributed by atoms with Crippen molar-refractivity contribution in [3.05, 3.63) is 171 Å². The van der Waals surface area contributed by atoms with Crippen molar-refractivity contribution in [3.63, 3.8) is 0 Å². The number of aliphatic hydroxyl groups excluding tert-OH is 1. The number of hydrogen-bond acceptors (Lipinski definition) is 11. The first-order chi connectivity index (χ1) is 30.7. The number of aryl methyl sites for hydroxylation is 1. The van der Waals surface area contributed by atoms with Gasteiger partial charge in [0.2, 0.25) is 5.56 Å². The van der Waals surface area contributed by atoms with Gasteiger partial charge in [0.1, 0.15) is 43.2 Å². The van der Waals surface area contributed by atoms with E-state index in [1.54, 1.807) is 24.3 Å². The summed E-state index contributed by atoms with van der Waals surface area (Å²) >= 11 is 0. The Labute approximate surface area is 365 Å². The van der Waals surface area contributed by atoms with E-state index in [9.17, 15) is 24.6 Å². The largest absolute Gasteiger partial charge is 0.506 e. The highest BCUT2D eigenvalue weighted by Crippen LogP contribution is 2.41. The molecule has 5 N–H and O–H groups in total. The number of carbonyl (C=O) groups excluding carboxylic acids is 2. The molecule has 3 aliphatic heterocycles. The number of esters is 1. The second-order valence-corrected chi connectivity index (χ2v) is 16.2. The van der Waals surface area contributed by atoms with E-state index in [0.29, 0.717) is 65.2 Å². The summed E-state index contributed by atoms with van der Waals surface area (Å²) in [4.78, 5) is 42.3. The third-order valence-electron chi connectivity index (χ3n) is 11.8. The number of phenolic OH excluding ortho intramolecular Hbond substituents is 1. The predicted octanol–water partition coefficient (Wildman–Crippen LogP) is 7.24. The van der Waals surface area contributed by atoms with E-state index in [2.05, 4.69) is 44.8 Å². The second-order valence-electron chi connectivity index (χ2n) is 16.2. The minimum Gasteiger partial charge on any atom is -0.506 e. The van der Waals surface area contributed by atoms with Crippen LogP contribution in [-0.4, -0.2) is 71.1 Å². The molecule has 0 radical (unpaired) electrons. The third-order valence-corrected chi connectivity index (χ3v) is 11.8. The monoisotopic (exact) mass is 852 g/mol. The number of alkyl carbamates (subject to hydrolysis) is 1. The van der Waals surface area contributed by atoms with Crippen molar-refractivity contribution in [1.82, 2.24) is 20.5 Å². The lowest BCUT2D eigenvalue weighted by molar-refractivity contribution is -0.0623. The van der Waals surface area contributed by atoms with Gasteiger partial charge in [0.15, 0.2) is 0 Å². The van der Waals surface area contributed by atoms with Crippen LogP contribution in [0.4, 0.5) is 4.79 Å². The van der Waals surface area contributed by atoms with Crippen LogP contribution in [0.1, 0.15) is 68.7 Å². The number of pyridine rings is 1. The Morgan fingerprint density at radius 2 is 1.67 bits per heavy atom. The van der Waals surface area contributed by atoms with Gasteiger partial charge >= 0.3 is 12.1 Å². The number of aromatic nitrogens is 1. The van der Waals surface area contributed by atoms with Crippen LogP contribution in [0, 0.1) is 12.8 Å². The molecule has 1 aromatic heterocycles. The number of aromatic amines is 1. The number of benzene rings is 5. The summed E-state index contributed by atoms with van der Waals surface area (Å²) in [7, 11) is 0. The Morgan fingerprint density at radius 3 is 2.46 bits per heavy atom. The van der Waals surface area contributed by atoms with Crippen LogP contribution in [0.25, 0.3) is 10.9 Å². The van der Waals surface area contributed by atoms with E-state index in [-0.39, 0.29) is 37.2 Å². The maximum Gasteiger partial charge on any atom is 0.407 e. The lowest BCUT2D eigenvalue weighted by atomic mass is 9.79. The van der Waals surface area contributed by atoms with Crippen LogP contribution in [0.3, 0.4) is 0 Å². The summed E-state index contributed by atoms with van der Waals surface area (Å²) < 4.78 is 23.3. The van der Waals surface area contributed by atoms with E-state index in [4.69, 9.17) is 18.9 Å². The molecule has 4 heterocycles. The lowest BCUT2D eigenvalue weighted by Crippen LogP contribution is -2.53. The normalized spacial score (nSPS) is 18.4. The van der Waals surface area contributed by atoms with Crippen molar-refractivity contribution in [2.45, 2.75) is 57.7 Å². The van der Waals surface area contributed by atoms with Crippen LogP contribution in [0.5, 0.6) is 17.2 Å². The molecule has 13 nitrogen and oxygen atoms in total. The van der Waals surface area contributed by atoms with Crippen LogP contribution in [0.15, 0.2) is 126 Å². The molecule has 326 valence electrons. The highest BCUT2D eigenvalue weighted by molar-refractivity contribution is 5.89. The van der Waals surface area contributed by atoms with Crippen molar-refractivity contribution in [2.75, 3.05) is 32.8 Å². The smallest absolute Gasteiger partial charge is 0.407 e. The number of fused-ring (bicyclic) bond motifs is 4. The van der Waals surface area contributed by atoms with Gasteiger partial charge in [0, 0.05) is 49.6 Å². The minimum absolute atomic E-state index is 0.0560. The number of phenols is 1. The number of H-pyrrole nitrogens is 1. The number of rotatable bonds is 17. The van der Waals surface area contributed by atoms with Gasteiger partial charge in [0.25, 0.3) is 0 Å². The van der Waals surface area contributed by atoms with E-state index in [0.717, 1.165) is 48.2 Å². The molecule has 3 aliphatic rings. The van der Waals surface area contributed by atoms with Gasteiger partial charge in [-0.3, -0.25) is 9.69 Å². The minimum atomic E-state index is -0.864. The highest BCUT2D eigenvalue weighted by Gasteiger charge is 2.42. The number of aliphatic hydroxyl groups is 1. The SMILES string of the molecule is Cc1cc(CNC[C@H](O)c2ccc(O)c3[nH]c(=O)ccc23)ccc1OCCOC(=O)c1ccc(COc2cccc(CNC(=O)O[C@@H]3CN4CCC3CC4c3ccccc3)c2)cc1. The zero-order valence-electron chi connectivity index (χ0n) is 35.1. The summed E-state index contributed by atoms with van der Waals surface area (Å²) in [5, 5.41) is 27.7. The first kappa shape index (κ1) is 43.0. The fourth-order valence-corrected chi connectivity index (χ4v) is 8.50. The molecule has 3 unspecified atom stereocenters. The fraction of sp³-hybridized carbons (Fsp3) is 0.300. The molecule has 9 rings (SSSR count). The Bertz CT molecular complexity index is 2580. The maximum absolute atomic E-state index is 12.8. The number of amides is 1. The zero-order valence-corrected chi connectivity index (χ0v) is 35.1. The van der Waals surface area contributed by atoms with Crippen LogP contribution in [0.2, 0.25) is 0 Å². The molecule has 5 aromatic carbocycles. The molecule has 0 aliphatic carbocycles. The van der Waals surface area contributed by atoms with E-state index < -0.39 is 18.2 Å². The third kappa shape index (κ3) is 10.9. The second kappa shape index (κ2) is 20.0.